The summed E-state index contributed by atoms with van der Waals surface area (Å²) in [5.74, 6) is -0.0122. The number of nitrogens with zero attached hydrogens (tertiary/aromatic N) is 3. The zero-order chi connectivity index (χ0) is 17.6. The van der Waals surface area contributed by atoms with Gasteiger partial charge in [0.05, 0.1) is 12.3 Å². The summed E-state index contributed by atoms with van der Waals surface area (Å²) in [5.41, 5.74) is 1.66. The quantitative estimate of drug-likeness (QED) is 0.770. The van der Waals surface area contributed by atoms with E-state index in [4.69, 9.17) is 16.3 Å². The molecule has 2 atom stereocenters. The summed E-state index contributed by atoms with van der Waals surface area (Å²) < 4.78 is 37.2. The molecule has 0 spiro atoms. The van der Waals surface area contributed by atoms with Crippen LogP contribution in [0.3, 0.4) is 0 Å². The first kappa shape index (κ1) is 16.2. The van der Waals surface area contributed by atoms with Crippen LogP contribution in [0, 0.1) is 0 Å². The minimum absolute atomic E-state index is 0.0122. The number of hydrogen-bond donors (Lipinski definition) is 1. The molecule has 9 heteroatoms. The highest BCUT2D eigenvalue weighted by Gasteiger charge is 2.35. The number of aliphatic hydroxyl groups is 1. The molecule has 3 heterocycles. The van der Waals surface area contributed by atoms with E-state index in [1.54, 1.807) is 30.3 Å². The third-order valence-corrected chi connectivity index (χ3v) is 4.11. The first-order valence-electron chi connectivity index (χ1n) is 7.43. The highest BCUT2D eigenvalue weighted by atomic mass is 35.5. The predicted octanol–water partition coefficient (Wildman–Crippen LogP) is 3.14. The molecular weight excluding hydrogens is 356 g/mol. The lowest BCUT2D eigenvalue weighted by molar-refractivity contribution is -0.0549. The SMILES string of the molecule is OC1COC(c2ccccc2OC(F)F)c2c1nc1ccc(Cl)nn21. The average Bonchev–Trinajstić information content (AvgIpc) is 2.95. The molecule has 1 N–H and O–H groups in total. The number of para-hydroxylation sites is 1. The van der Waals surface area contributed by atoms with Crippen LogP contribution < -0.4 is 4.74 Å². The number of imidazole rings is 1. The number of aliphatic hydroxyl groups excluding tert-OH is 1. The molecule has 4 rings (SSSR count). The van der Waals surface area contributed by atoms with Gasteiger partial charge in [-0.3, -0.25) is 0 Å². The lowest BCUT2D eigenvalue weighted by Crippen LogP contribution is -2.24. The Bertz CT molecular complexity index is 934. The fourth-order valence-corrected chi connectivity index (χ4v) is 3.06. The molecule has 2 unspecified atom stereocenters. The van der Waals surface area contributed by atoms with Crippen LogP contribution in [0.25, 0.3) is 5.65 Å². The van der Waals surface area contributed by atoms with Gasteiger partial charge in [0.25, 0.3) is 0 Å². The highest BCUT2D eigenvalue weighted by Crippen LogP contribution is 2.40. The van der Waals surface area contributed by atoms with E-state index in [-0.39, 0.29) is 17.5 Å². The number of halogens is 3. The predicted molar refractivity (Wildman–Crippen MR) is 83.8 cm³/mol. The Balaban J connectivity index is 1.91. The van der Waals surface area contributed by atoms with Crippen molar-refractivity contribution in [1.82, 2.24) is 14.6 Å². The number of ether oxygens (including phenoxy) is 2. The van der Waals surface area contributed by atoms with Crippen LogP contribution in [0.15, 0.2) is 36.4 Å². The Morgan fingerprint density at radius 1 is 1.28 bits per heavy atom. The van der Waals surface area contributed by atoms with Gasteiger partial charge in [0.1, 0.15) is 28.8 Å². The van der Waals surface area contributed by atoms with Crippen molar-refractivity contribution in [1.29, 1.82) is 0 Å². The molecule has 3 aromatic rings. The van der Waals surface area contributed by atoms with Gasteiger partial charge in [-0.2, -0.15) is 13.9 Å². The van der Waals surface area contributed by atoms with E-state index in [2.05, 4.69) is 14.8 Å². The van der Waals surface area contributed by atoms with Crippen molar-refractivity contribution in [3.63, 3.8) is 0 Å². The molecule has 1 aliphatic rings. The standard InChI is InChI=1S/C16H12ClF2N3O3/c17-11-5-6-12-20-13-9(23)7-24-15(14(13)22(12)21-11)8-3-1-2-4-10(8)25-16(18)19/h1-6,9,15-16,23H,7H2. The summed E-state index contributed by atoms with van der Waals surface area (Å²) in [6, 6.07) is 9.55. The maximum absolute atomic E-state index is 12.7. The number of aromatic nitrogens is 3. The van der Waals surface area contributed by atoms with Crippen molar-refractivity contribution in [3.05, 3.63) is 58.5 Å². The van der Waals surface area contributed by atoms with Crippen LogP contribution in [-0.2, 0) is 4.74 Å². The second-order valence-corrected chi connectivity index (χ2v) is 5.84. The minimum atomic E-state index is -2.97. The number of alkyl halides is 2. The number of rotatable bonds is 3. The van der Waals surface area contributed by atoms with Crippen LogP contribution in [0.1, 0.15) is 29.2 Å². The Hall–Kier alpha value is -2.29. The summed E-state index contributed by atoms with van der Waals surface area (Å²) in [5, 5.41) is 14.6. The van der Waals surface area contributed by atoms with E-state index in [0.717, 1.165) is 0 Å². The third-order valence-electron chi connectivity index (χ3n) is 3.91. The summed E-state index contributed by atoms with van der Waals surface area (Å²) in [6.45, 7) is -3.00. The molecule has 6 nitrogen and oxygen atoms in total. The molecule has 0 radical (unpaired) electrons. The molecule has 25 heavy (non-hydrogen) atoms. The van der Waals surface area contributed by atoms with Gasteiger partial charge in [-0.05, 0) is 18.2 Å². The van der Waals surface area contributed by atoms with Crippen LogP contribution in [0.4, 0.5) is 8.78 Å². The molecule has 1 aromatic carbocycles. The second-order valence-electron chi connectivity index (χ2n) is 5.45. The zero-order valence-electron chi connectivity index (χ0n) is 12.6. The van der Waals surface area contributed by atoms with E-state index in [0.29, 0.717) is 22.6 Å². The van der Waals surface area contributed by atoms with E-state index < -0.39 is 18.8 Å². The van der Waals surface area contributed by atoms with E-state index in [9.17, 15) is 13.9 Å². The van der Waals surface area contributed by atoms with E-state index in [1.807, 2.05) is 0 Å². The van der Waals surface area contributed by atoms with Crippen molar-refractivity contribution in [2.45, 2.75) is 18.8 Å². The average molecular weight is 368 g/mol. The minimum Gasteiger partial charge on any atom is -0.434 e. The summed E-state index contributed by atoms with van der Waals surface area (Å²) >= 11 is 5.96. The molecule has 0 saturated heterocycles. The molecule has 130 valence electrons. The normalized spacial score (nSPS) is 20.0. The molecule has 0 amide bonds. The topological polar surface area (TPSA) is 68.9 Å². The Kier molecular flexibility index (Phi) is 4.03. The Labute approximate surface area is 145 Å². The number of fused-ring (bicyclic) bond motifs is 3. The number of benzene rings is 1. The summed E-state index contributed by atoms with van der Waals surface area (Å²) in [6.07, 6.45) is -1.73. The van der Waals surface area contributed by atoms with Crippen molar-refractivity contribution in [2.24, 2.45) is 0 Å². The zero-order valence-corrected chi connectivity index (χ0v) is 13.4. The van der Waals surface area contributed by atoms with Crippen molar-refractivity contribution in [2.75, 3.05) is 6.61 Å². The van der Waals surface area contributed by atoms with Crippen LogP contribution >= 0.6 is 11.6 Å². The lowest BCUT2D eigenvalue weighted by Gasteiger charge is -2.27. The number of hydrogen-bond acceptors (Lipinski definition) is 5. The van der Waals surface area contributed by atoms with Gasteiger partial charge in [0.15, 0.2) is 5.65 Å². The van der Waals surface area contributed by atoms with Gasteiger partial charge >= 0.3 is 6.61 Å². The van der Waals surface area contributed by atoms with Gasteiger partial charge in [-0.15, -0.1) is 0 Å². The molecule has 0 saturated carbocycles. The first-order valence-corrected chi connectivity index (χ1v) is 7.81. The van der Waals surface area contributed by atoms with Gasteiger partial charge < -0.3 is 14.6 Å². The van der Waals surface area contributed by atoms with Gasteiger partial charge in [-0.1, -0.05) is 29.8 Å². The molecule has 0 aliphatic carbocycles. The van der Waals surface area contributed by atoms with Crippen molar-refractivity contribution < 1.29 is 23.4 Å². The molecule has 0 fully saturated rings. The third kappa shape index (κ3) is 2.82. The lowest BCUT2D eigenvalue weighted by atomic mass is 10.00. The van der Waals surface area contributed by atoms with Crippen molar-refractivity contribution >= 4 is 17.2 Å². The molecule has 1 aliphatic heterocycles. The monoisotopic (exact) mass is 367 g/mol. The molecule has 0 bridgehead atoms. The maximum atomic E-state index is 12.7. The van der Waals surface area contributed by atoms with Crippen LogP contribution in [-0.4, -0.2) is 32.9 Å². The van der Waals surface area contributed by atoms with E-state index >= 15 is 0 Å². The second kappa shape index (κ2) is 6.21. The van der Waals surface area contributed by atoms with Crippen LogP contribution in [0.5, 0.6) is 5.75 Å². The fourth-order valence-electron chi connectivity index (χ4n) is 2.92. The van der Waals surface area contributed by atoms with Gasteiger partial charge in [-0.25, -0.2) is 9.50 Å². The maximum Gasteiger partial charge on any atom is 0.387 e. The fraction of sp³-hybridized carbons (Fsp3) is 0.250. The van der Waals surface area contributed by atoms with E-state index in [1.165, 1.54) is 10.6 Å². The van der Waals surface area contributed by atoms with Crippen molar-refractivity contribution in [3.8, 4) is 5.75 Å². The Morgan fingerprint density at radius 2 is 2.08 bits per heavy atom. The molecular formula is C16H12ClF2N3O3. The smallest absolute Gasteiger partial charge is 0.387 e. The Morgan fingerprint density at radius 3 is 2.88 bits per heavy atom. The highest BCUT2D eigenvalue weighted by molar-refractivity contribution is 6.29. The molecule has 2 aromatic heterocycles. The summed E-state index contributed by atoms with van der Waals surface area (Å²) in [7, 11) is 0. The van der Waals surface area contributed by atoms with Crippen LogP contribution in [0.2, 0.25) is 5.15 Å². The first-order chi connectivity index (χ1) is 12.0. The largest absolute Gasteiger partial charge is 0.434 e. The van der Waals surface area contributed by atoms with Gasteiger partial charge in [0, 0.05) is 5.56 Å². The summed E-state index contributed by atoms with van der Waals surface area (Å²) in [4.78, 5) is 4.36. The van der Waals surface area contributed by atoms with Gasteiger partial charge in [0.2, 0.25) is 0 Å².